The van der Waals surface area contributed by atoms with Gasteiger partial charge >= 0.3 is 0 Å². The Morgan fingerprint density at radius 1 is 0.712 bits per heavy atom. The summed E-state index contributed by atoms with van der Waals surface area (Å²) in [4.78, 5) is 61.9. The van der Waals surface area contributed by atoms with Crippen LogP contribution in [0.25, 0.3) is 28.0 Å². The molecular weight excluding hydrogens is 743 g/mol. The van der Waals surface area contributed by atoms with Gasteiger partial charge in [0.1, 0.15) is 17.9 Å². The molecule has 0 aliphatic carbocycles. The maximum atomic E-state index is 13.9. The third-order valence-electron chi connectivity index (χ3n) is 11.7. The van der Waals surface area contributed by atoms with E-state index in [0.29, 0.717) is 25.0 Å². The molecule has 0 bridgehead atoms. The first-order valence-electron chi connectivity index (χ1n) is 20.5. The minimum absolute atomic E-state index is 0.0193. The lowest BCUT2D eigenvalue weighted by atomic mass is 9.95. The number of H-pyrrole nitrogens is 1. The van der Waals surface area contributed by atoms with Crippen molar-refractivity contribution < 1.29 is 14.3 Å². The van der Waals surface area contributed by atoms with Crippen LogP contribution in [-0.4, -0.2) is 102 Å². The molecule has 0 radical (unpaired) electrons. The lowest BCUT2D eigenvalue weighted by Crippen LogP contribution is -2.49. The standard InChI is InChI=1S/C45H51N11O3/c1-28(2)39(53-44-46-19-7-20-47-44)42(57)55-23-5-9-37(55)35-25-34(26-50-35)32-13-11-30(12-14-32)31-15-17-33(18-16-31)36-27-51-41(52-36)38-10-6-24-56(38)43(58)40(29(3)59-4)54-45-48-21-8-22-49-45/h7-8,11-22,26-29,37-40H,5-6,9-10,23-25H2,1-4H3,(H,51,52)(H,46,47,53)(H,48,49,54)/t29-,37+,38+,39+,40+/m1/s1. The number of allylic oxidation sites excluding steroid dienone is 1. The number of hydrogen-bond donors (Lipinski definition) is 3. The van der Waals surface area contributed by atoms with Crippen molar-refractivity contribution in [2.45, 2.75) is 83.1 Å². The molecule has 304 valence electrons. The van der Waals surface area contributed by atoms with Crippen LogP contribution in [0.1, 0.15) is 70.3 Å². The molecule has 14 nitrogen and oxygen atoms in total. The topological polar surface area (TPSA) is 167 Å². The van der Waals surface area contributed by atoms with Crippen molar-refractivity contribution in [3.8, 4) is 22.4 Å². The van der Waals surface area contributed by atoms with Crippen molar-refractivity contribution in [3.63, 3.8) is 0 Å². The number of aromatic nitrogens is 6. The summed E-state index contributed by atoms with van der Waals surface area (Å²) in [5.74, 6) is 1.66. The van der Waals surface area contributed by atoms with E-state index < -0.39 is 18.2 Å². The number of carbonyl (C=O) groups excluding carboxylic acids is 2. The van der Waals surface area contributed by atoms with Crippen molar-refractivity contribution >= 4 is 35.0 Å². The number of carbonyl (C=O) groups is 2. The molecule has 0 saturated carbocycles. The summed E-state index contributed by atoms with van der Waals surface area (Å²) in [6.45, 7) is 7.30. The van der Waals surface area contributed by atoms with Gasteiger partial charge in [0.25, 0.3) is 0 Å². The first-order valence-corrected chi connectivity index (χ1v) is 20.5. The fourth-order valence-corrected chi connectivity index (χ4v) is 8.30. The molecule has 6 heterocycles. The average Bonchev–Trinajstić information content (AvgIpc) is 4.12. The van der Waals surface area contributed by atoms with Gasteiger partial charge in [-0.25, -0.2) is 24.9 Å². The number of aliphatic imine (C=N–C) groups is 1. The third-order valence-corrected chi connectivity index (χ3v) is 11.7. The van der Waals surface area contributed by atoms with E-state index in [2.05, 4.69) is 84.1 Å². The largest absolute Gasteiger partial charge is 0.379 e. The highest BCUT2D eigenvalue weighted by atomic mass is 16.5. The molecule has 59 heavy (non-hydrogen) atoms. The summed E-state index contributed by atoms with van der Waals surface area (Å²) in [7, 11) is 1.60. The molecule has 3 aromatic heterocycles. The number of nitrogens with zero attached hydrogens (tertiary/aromatic N) is 8. The van der Waals surface area contributed by atoms with Crippen LogP contribution in [0, 0.1) is 5.92 Å². The van der Waals surface area contributed by atoms with Crippen molar-refractivity contribution in [2.24, 2.45) is 10.9 Å². The van der Waals surface area contributed by atoms with Crippen molar-refractivity contribution in [2.75, 3.05) is 30.8 Å². The zero-order valence-electron chi connectivity index (χ0n) is 34.0. The van der Waals surface area contributed by atoms with E-state index in [1.165, 1.54) is 0 Å². The molecule has 2 aromatic carbocycles. The second-order valence-corrected chi connectivity index (χ2v) is 15.7. The zero-order chi connectivity index (χ0) is 40.9. The van der Waals surface area contributed by atoms with Gasteiger partial charge in [-0.3, -0.25) is 14.6 Å². The Kier molecular flexibility index (Phi) is 11.9. The van der Waals surface area contributed by atoms with Gasteiger partial charge in [-0.2, -0.15) is 0 Å². The monoisotopic (exact) mass is 793 g/mol. The predicted octanol–water partition coefficient (Wildman–Crippen LogP) is 6.82. The number of likely N-dealkylation sites (tertiary alicyclic amines) is 2. The smallest absolute Gasteiger partial charge is 0.248 e. The molecule has 2 saturated heterocycles. The normalized spacial score (nSPS) is 19.3. The molecule has 0 spiro atoms. The lowest BCUT2D eigenvalue weighted by Gasteiger charge is -2.31. The Morgan fingerprint density at radius 3 is 1.83 bits per heavy atom. The summed E-state index contributed by atoms with van der Waals surface area (Å²) in [6.07, 6.45) is 14.3. The molecule has 5 aromatic rings. The second kappa shape index (κ2) is 17.7. The van der Waals surface area contributed by atoms with E-state index in [0.717, 1.165) is 77.2 Å². The number of hydrogen-bond acceptors (Lipinski definition) is 11. The van der Waals surface area contributed by atoms with Crippen LogP contribution < -0.4 is 10.6 Å². The number of anilines is 2. The molecule has 3 N–H and O–H groups in total. The van der Waals surface area contributed by atoms with Gasteiger partial charge in [0, 0.05) is 63.3 Å². The Morgan fingerprint density at radius 2 is 1.24 bits per heavy atom. The Labute approximate surface area is 344 Å². The zero-order valence-corrected chi connectivity index (χ0v) is 34.0. The Bertz CT molecular complexity index is 2280. The molecule has 14 heteroatoms. The van der Waals surface area contributed by atoms with E-state index >= 15 is 0 Å². The highest BCUT2D eigenvalue weighted by Crippen LogP contribution is 2.35. The van der Waals surface area contributed by atoms with Crippen molar-refractivity contribution in [1.29, 1.82) is 0 Å². The number of aromatic amines is 1. The quantitative estimate of drug-likeness (QED) is 0.109. The highest BCUT2D eigenvalue weighted by molar-refractivity contribution is 6.04. The fraction of sp³-hybridized carbons (Fsp3) is 0.378. The summed E-state index contributed by atoms with van der Waals surface area (Å²) in [5.41, 5.74) is 7.44. The van der Waals surface area contributed by atoms with Crippen LogP contribution in [0.2, 0.25) is 0 Å². The summed E-state index contributed by atoms with van der Waals surface area (Å²) < 4.78 is 5.58. The summed E-state index contributed by atoms with van der Waals surface area (Å²) >= 11 is 0. The first kappa shape index (κ1) is 39.5. The average molecular weight is 794 g/mol. The first-order chi connectivity index (χ1) is 28.8. The van der Waals surface area contributed by atoms with Crippen LogP contribution >= 0.6 is 0 Å². The van der Waals surface area contributed by atoms with E-state index in [1.54, 1.807) is 44.0 Å². The predicted molar refractivity (Wildman–Crippen MR) is 228 cm³/mol. The number of benzene rings is 2. The molecule has 0 unspecified atom stereocenters. The van der Waals surface area contributed by atoms with Crippen LogP contribution in [0.3, 0.4) is 0 Å². The van der Waals surface area contributed by atoms with Crippen molar-refractivity contribution in [1.82, 2.24) is 39.7 Å². The van der Waals surface area contributed by atoms with Gasteiger partial charge in [0.05, 0.1) is 30.1 Å². The van der Waals surface area contributed by atoms with Gasteiger partial charge in [0.15, 0.2) is 0 Å². The minimum Gasteiger partial charge on any atom is -0.379 e. The maximum absolute atomic E-state index is 13.9. The number of imidazole rings is 1. The van der Waals surface area contributed by atoms with E-state index in [-0.39, 0.29) is 29.8 Å². The maximum Gasteiger partial charge on any atom is 0.248 e. The number of rotatable bonds is 14. The number of ether oxygens (including phenoxy) is 1. The SMILES string of the molecule is CO[C@H](C)[C@H](Nc1ncccn1)C(=O)N1CCC[C@H]1c1ncc(-c2ccc(-c3ccc(C4=CN=C([C@@H]5CCCN5C(=O)[C@@H](Nc5ncccn5)C(C)C)C4)cc3)cc2)[nH]1. The molecule has 8 rings (SSSR count). The molecule has 2 amide bonds. The van der Waals surface area contributed by atoms with E-state index in [4.69, 9.17) is 14.7 Å². The second-order valence-electron chi connectivity index (χ2n) is 15.7. The molecule has 2 fully saturated rings. The number of nitrogens with one attached hydrogen (secondary N) is 3. The van der Waals surface area contributed by atoms with Crippen LogP contribution in [0.15, 0.2) is 103 Å². The summed E-state index contributed by atoms with van der Waals surface area (Å²) in [5, 5.41) is 6.45. The van der Waals surface area contributed by atoms with Crippen LogP contribution in [0.4, 0.5) is 11.9 Å². The number of methoxy groups -OCH3 is 1. The van der Waals surface area contributed by atoms with Gasteiger partial charge in [-0.05, 0) is 78.5 Å². The van der Waals surface area contributed by atoms with Gasteiger partial charge in [-0.1, -0.05) is 62.4 Å². The Hall–Kier alpha value is -6.28. The van der Waals surface area contributed by atoms with Crippen molar-refractivity contribution in [3.05, 3.63) is 109 Å². The fourth-order valence-electron chi connectivity index (χ4n) is 8.30. The molecule has 5 atom stereocenters. The highest BCUT2D eigenvalue weighted by Gasteiger charge is 2.39. The van der Waals surface area contributed by atoms with Gasteiger partial charge in [0.2, 0.25) is 23.7 Å². The van der Waals surface area contributed by atoms with Gasteiger partial charge < -0.3 is 30.2 Å². The Balaban J connectivity index is 0.886. The van der Waals surface area contributed by atoms with E-state index in [9.17, 15) is 9.59 Å². The molecule has 3 aliphatic rings. The van der Waals surface area contributed by atoms with Crippen LogP contribution in [0.5, 0.6) is 0 Å². The lowest BCUT2D eigenvalue weighted by molar-refractivity contribution is -0.136. The number of amides is 2. The van der Waals surface area contributed by atoms with Crippen LogP contribution in [-0.2, 0) is 14.3 Å². The molecule has 3 aliphatic heterocycles. The minimum atomic E-state index is -0.650. The van der Waals surface area contributed by atoms with E-state index in [1.807, 2.05) is 43.0 Å². The molecular formula is C45H51N11O3. The van der Waals surface area contributed by atoms with Gasteiger partial charge in [-0.15, -0.1) is 0 Å². The third kappa shape index (κ3) is 8.63. The summed E-state index contributed by atoms with van der Waals surface area (Å²) in [6, 6.07) is 19.3.